The first-order valence-electron chi connectivity index (χ1n) is 9.83. The monoisotopic (exact) mass is 431 g/mol. The van der Waals surface area contributed by atoms with Crippen LogP contribution in [0.2, 0.25) is 0 Å². The van der Waals surface area contributed by atoms with Gasteiger partial charge in [-0.15, -0.1) is 11.8 Å². The van der Waals surface area contributed by atoms with Crippen LogP contribution in [0.4, 0.5) is 4.39 Å². The number of hydrogen-bond donors (Lipinski definition) is 3. The molecule has 0 bridgehead atoms. The second-order valence-electron chi connectivity index (χ2n) is 7.07. The molecule has 1 aliphatic rings. The highest BCUT2D eigenvalue weighted by Gasteiger charge is 2.27. The van der Waals surface area contributed by atoms with Crippen molar-refractivity contribution in [3.8, 4) is 5.75 Å². The maximum atomic E-state index is 13.0. The van der Waals surface area contributed by atoms with Gasteiger partial charge in [-0.1, -0.05) is 30.3 Å². The van der Waals surface area contributed by atoms with E-state index in [-0.39, 0.29) is 42.0 Å². The molecular weight excluding hydrogens is 405 g/mol. The highest BCUT2D eigenvalue weighted by Crippen LogP contribution is 2.20. The van der Waals surface area contributed by atoms with Crippen LogP contribution in [-0.2, 0) is 21.8 Å². The molecule has 6 nitrogen and oxygen atoms in total. The molecule has 160 valence electrons. The van der Waals surface area contributed by atoms with Crippen LogP contribution in [0.25, 0.3) is 0 Å². The summed E-state index contributed by atoms with van der Waals surface area (Å²) in [4.78, 5) is 24.4. The minimum Gasteiger partial charge on any atom is -0.496 e. The molecule has 30 heavy (non-hydrogen) atoms. The highest BCUT2D eigenvalue weighted by atomic mass is 32.2. The molecule has 2 aromatic carbocycles. The largest absolute Gasteiger partial charge is 0.496 e. The summed E-state index contributed by atoms with van der Waals surface area (Å²) in [6.45, 7) is 0.501. The molecule has 2 atom stereocenters. The molecule has 3 N–H and O–H groups in total. The lowest BCUT2D eigenvalue weighted by Gasteiger charge is -2.31. The van der Waals surface area contributed by atoms with E-state index >= 15 is 0 Å². The number of benzene rings is 2. The highest BCUT2D eigenvalue weighted by molar-refractivity contribution is 7.99. The smallest absolute Gasteiger partial charge is 0.223 e. The molecule has 2 amide bonds. The van der Waals surface area contributed by atoms with Gasteiger partial charge in [-0.05, 0) is 35.7 Å². The zero-order valence-corrected chi connectivity index (χ0v) is 17.6. The van der Waals surface area contributed by atoms with E-state index in [1.165, 1.54) is 23.9 Å². The number of para-hydroxylation sites is 1. The number of rotatable bonds is 9. The van der Waals surface area contributed by atoms with Crippen LogP contribution in [0.1, 0.15) is 24.0 Å². The Labute approximate surface area is 180 Å². The van der Waals surface area contributed by atoms with Gasteiger partial charge in [0.05, 0.1) is 7.11 Å². The van der Waals surface area contributed by atoms with Crippen LogP contribution >= 0.6 is 11.8 Å². The first-order chi connectivity index (χ1) is 14.5. The average Bonchev–Trinajstić information content (AvgIpc) is 2.73. The van der Waals surface area contributed by atoms with E-state index in [9.17, 15) is 14.0 Å². The van der Waals surface area contributed by atoms with Crippen molar-refractivity contribution in [2.75, 3.05) is 13.7 Å². The van der Waals surface area contributed by atoms with Gasteiger partial charge in [-0.25, -0.2) is 4.39 Å². The van der Waals surface area contributed by atoms with Crippen molar-refractivity contribution in [2.24, 2.45) is 0 Å². The van der Waals surface area contributed by atoms with E-state index < -0.39 is 0 Å². The molecule has 0 aliphatic carbocycles. The average molecular weight is 432 g/mol. The number of amides is 2. The number of nitrogens with one attached hydrogen (secondary N) is 3. The van der Waals surface area contributed by atoms with E-state index in [2.05, 4.69) is 16.0 Å². The van der Waals surface area contributed by atoms with Gasteiger partial charge in [-0.3, -0.25) is 14.9 Å². The Balaban J connectivity index is 1.42. The van der Waals surface area contributed by atoms with Crippen molar-refractivity contribution in [3.05, 3.63) is 65.5 Å². The second-order valence-corrected chi connectivity index (χ2v) is 8.16. The third-order valence-corrected chi connectivity index (χ3v) is 5.87. The summed E-state index contributed by atoms with van der Waals surface area (Å²) in [6, 6.07) is 13.8. The van der Waals surface area contributed by atoms with Crippen molar-refractivity contribution in [2.45, 2.75) is 36.6 Å². The van der Waals surface area contributed by atoms with Crippen LogP contribution in [0.15, 0.2) is 48.5 Å². The quantitative estimate of drug-likeness (QED) is 0.569. The lowest BCUT2D eigenvalue weighted by molar-refractivity contribution is -0.125. The Morgan fingerprint density at radius 2 is 2.00 bits per heavy atom. The summed E-state index contributed by atoms with van der Waals surface area (Å²) in [5.74, 6) is 0.968. The van der Waals surface area contributed by atoms with Gasteiger partial charge in [-0.2, -0.15) is 0 Å². The Hall–Kier alpha value is -2.58. The molecule has 8 heteroatoms. The maximum Gasteiger partial charge on any atom is 0.223 e. The molecule has 3 rings (SSSR count). The summed E-state index contributed by atoms with van der Waals surface area (Å²) < 4.78 is 18.3. The van der Waals surface area contributed by atoms with Crippen molar-refractivity contribution in [3.63, 3.8) is 0 Å². The van der Waals surface area contributed by atoms with Crippen LogP contribution in [0.3, 0.4) is 0 Å². The Morgan fingerprint density at radius 1 is 1.23 bits per heavy atom. The molecule has 2 aromatic rings. The van der Waals surface area contributed by atoms with Crippen LogP contribution in [0, 0.1) is 5.82 Å². The van der Waals surface area contributed by atoms with Gasteiger partial charge in [0.1, 0.15) is 17.1 Å². The summed E-state index contributed by atoms with van der Waals surface area (Å²) >= 11 is 1.50. The lowest BCUT2D eigenvalue weighted by atomic mass is 10.1. The van der Waals surface area contributed by atoms with Gasteiger partial charge in [0.25, 0.3) is 0 Å². The molecule has 0 radical (unpaired) electrons. The predicted octanol–water partition coefficient (Wildman–Crippen LogP) is 2.58. The van der Waals surface area contributed by atoms with Crippen molar-refractivity contribution >= 4 is 23.6 Å². The first kappa shape index (κ1) is 22.1. The molecule has 1 heterocycles. The van der Waals surface area contributed by atoms with Crippen molar-refractivity contribution in [1.82, 2.24) is 16.0 Å². The van der Waals surface area contributed by atoms with Crippen LogP contribution < -0.4 is 20.7 Å². The standard InChI is InChI=1S/C22H26FN3O3S/c1-29-19-5-3-2-4-16(19)10-11-24-20(27)12-18-13-21(28)26-22(25-18)30-14-15-6-8-17(23)9-7-15/h2-9,18,22,25H,10-14H2,1H3,(H,24,27)(H,26,28). The van der Waals surface area contributed by atoms with Gasteiger partial charge in [0.2, 0.25) is 11.8 Å². The number of halogens is 1. The molecule has 0 saturated carbocycles. The summed E-state index contributed by atoms with van der Waals surface area (Å²) in [5, 5.41) is 9.08. The van der Waals surface area contributed by atoms with Gasteiger partial charge < -0.3 is 15.4 Å². The third-order valence-electron chi connectivity index (χ3n) is 4.78. The van der Waals surface area contributed by atoms with E-state index in [1.54, 1.807) is 19.2 Å². The van der Waals surface area contributed by atoms with Crippen molar-refractivity contribution < 1.29 is 18.7 Å². The van der Waals surface area contributed by atoms with E-state index in [4.69, 9.17) is 4.74 Å². The maximum absolute atomic E-state index is 13.0. The number of carbonyl (C=O) groups excluding carboxylic acids is 2. The van der Waals surface area contributed by atoms with E-state index in [1.807, 2.05) is 24.3 Å². The molecule has 1 fully saturated rings. The minimum absolute atomic E-state index is 0.0859. The molecule has 0 spiro atoms. The fraction of sp³-hybridized carbons (Fsp3) is 0.364. The van der Waals surface area contributed by atoms with E-state index in [0.717, 1.165) is 16.9 Å². The number of ether oxygens (including phenoxy) is 1. The third kappa shape index (κ3) is 6.74. The number of hydrogen-bond acceptors (Lipinski definition) is 5. The van der Waals surface area contributed by atoms with Crippen LogP contribution in [-0.4, -0.2) is 37.0 Å². The molecule has 1 saturated heterocycles. The molecule has 0 aromatic heterocycles. The van der Waals surface area contributed by atoms with Crippen molar-refractivity contribution in [1.29, 1.82) is 0 Å². The minimum atomic E-state index is -0.289. The Bertz CT molecular complexity index is 863. The second kappa shape index (κ2) is 11.0. The summed E-state index contributed by atoms with van der Waals surface area (Å²) in [6.07, 6.45) is 1.16. The Morgan fingerprint density at radius 3 is 2.77 bits per heavy atom. The Kier molecular flexibility index (Phi) is 8.10. The normalized spacial score (nSPS) is 18.5. The molecule has 2 unspecified atom stereocenters. The molecular formula is C22H26FN3O3S. The van der Waals surface area contributed by atoms with Gasteiger partial charge >= 0.3 is 0 Å². The predicted molar refractivity (Wildman–Crippen MR) is 115 cm³/mol. The zero-order valence-electron chi connectivity index (χ0n) is 16.8. The van der Waals surface area contributed by atoms with Gasteiger partial charge in [0.15, 0.2) is 0 Å². The lowest BCUT2D eigenvalue weighted by Crippen LogP contribution is -2.55. The first-order valence-corrected chi connectivity index (χ1v) is 10.9. The number of methoxy groups -OCH3 is 1. The number of thioether (sulfide) groups is 1. The van der Waals surface area contributed by atoms with Crippen LogP contribution in [0.5, 0.6) is 5.75 Å². The van der Waals surface area contributed by atoms with Gasteiger partial charge in [0, 0.05) is 31.2 Å². The van der Waals surface area contributed by atoms with E-state index in [0.29, 0.717) is 18.7 Å². The fourth-order valence-electron chi connectivity index (χ4n) is 3.27. The number of carbonyl (C=O) groups is 2. The summed E-state index contributed by atoms with van der Waals surface area (Å²) in [7, 11) is 1.63. The SMILES string of the molecule is COc1ccccc1CCNC(=O)CC1CC(=O)NC(SCc2ccc(F)cc2)N1. The summed E-state index contributed by atoms with van der Waals surface area (Å²) in [5.41, 5.74) is 1.71. The topological polar surface area (TPSA) is 79.5 Å². The molecule has 1 aliphatic heterocycles. The zero-order chi connectivity index (χ0) is 21.3. The fourth-order valence-corrected chi connectivity index (χ4v) is 4.32.